The lowest BCUT2D eigenvalue weighted by atomic mass is 10.1. The Balaban J connectivity index is 2.59. The van der Waals surface area contributed by atoms with Gasteiger partial charge >= 0.3 is 0 Å². The highest BCUT2D eigenvalue weighted by Crippen LogP contribution is 2.33. The fourth-order valence-electron chi connectivity index (χ4n) is 2.66. The number of aromatic nitrogens is 2. The third-order valence-corrected chi connectivity index (χ3v) is 4.42. The van der Waals surface area contributed by atoms with Crippen molar-refractivity contribution in [2.75, 3.05) is 0 Å². The summed E-state index contributed by atoms with van der Waals surface area (Å²) < 4.78 is 15.2. The highest BCUT2D eigenvalue weighted by Gasteiger charge is 2.18. The Hall–Kier alpha value is -1.62. The third-order valence-electron chi connectivity index (χ3n) is 3.57. The average Bonchev–Trinajstić information content (AvgIpc) is 2.44. The zero-order valence-electron chi connectivity index (χ0n) is 12.1. The Morgan fingerprint density at radius 1 is 1.09 bits per heavy atom. The van der Waals surface area contributed by atoms with E-state index in [1.807, 2.05) is 0 Å². The molecule has 0 N–H and O–H groups in total. The summed E-state index contributed by atoms with van der Waals surface area (Å²) in [6.45, 7) is 3.47. The van der Waals surface area contributed by atoms with Crippen LogP contribution in [0.2, 0.25) is 15.2 Å². The summed E-state index contributed by atoms with van der Waals surface area (Å²) in [5.41, 5.74) is 1.85. The molecule has 0 saturated heterocycles. The van der Waals surface area contributed by atoms with Crippen molar-refractivity contribution in [2.45, 2.75) is 13.8 Å². The van der Waals surface area contributed by atoms with E-state index in [1.165, 1.54) is 24.4 Å². The van der Waals surface area contributed by atoms with Crippen molar-refractivity contribution >= 4 is 45.7 Å². The minimum atomic E-state index is -0.440. The summed E-state index contributed by atoms with van der Waals surface area (Å²) in [5.74, 6) is -0.440. The topological polar surface area (TPSA) is 34.9 Å². The van der Waals surface area contributed by atoms with E-state index < -0.39 is 5.82 Å². The van der Waals surface area contributed by atoms with Crippen molar-refractivity contribution in [1.82, 2.24) is 9.55 Å². The molecule has 0 atom stereocenters. The quantitative estimate of drug-likeness (QED) is 0.558. The highest BCUT2D eigenvalue weighted by molar-refractivity contribution is 6.39. The van der Waals surface area contributed by atoms with Crippen LogP contribution in [-0.2, 0) is 0 Å². The van der Waals surface area contributed by atoms with Gasteiger partial charge in [-0.2, -0.15) is 0 Å². The summed E-state index contributed by atoms with van der Waals surface area (Å²) in [7, 11) is 0. The van der Waals surface area contributed by atoms with Gasteiger partial charge in [0.15, 0.2) is 5.43 Å². The number of halogens is 4. The molecule has 7 heteroatoms. The van der Waals surface area contributed by atoms with Crippen LogP contribution in [0.3, 0.4) is 0 Å². The first kappa shape index (κ1) is 16.2. The van der Waals surface area contributed by atoms with Gasteiger partial charge in [0.05, 0.1) is 26.6 Å². The van der Waals surface area contributed by atoms with Crippen LogP contribution >= 0.6 is 34.8 Å². The molecule has 0 amide bonds. The number of pyridine rings is 2. The second-order valence-electron chi connectivity index (χ2n) is 5.16. The molecule has 2 aromatic heterocycles. The number of aryl methyl sites for hydroxylation is 2. The van der Waals surface area contributed by atoms with Crippen LogP contribution in [0.15, 0.2) is 29.2 Å². The van der Waals surface area contributed by atoms with Gasteiger partial charge in [-0.15, -0.1) is 0 Å². The molecule has 3 nitrogen and oxygen atoms in total. The minimum Gasteiger partial charge on any atom is -0.310 e. The van der Waals surface area contributed by atoms with Crippen LogP contribution in [0.5, 0.6) is 0 Å². The van der Waals surface area contributed by atoms with Crippen molar-refractivity contribution in [2.24, 2.45) is 0 Å². The first-order chi connectivity index (χ1) is 10.8. The average molecular weight is 372 g/mol. The molecule has 3 aromatic rings. The molecule has 0 fully saturated rings. The van der Waals surface area contributed by atoms with Crippen LogP contribution in [-0.4, -0.2) is 9.55 Å². The standard InChI is InChI=1S/C16H10Cl3FN2O/c1-7-3-9(20)5-10(17)14(7)22-8(2)4-12(23)13-15(22)11(18)6-21-16(13)19/h3-6H,1-2H3. The molecule has 1 aromatic carbocycles. The van der Waals surface area contributed by atoms with E-state index in [0.29, 0.717) is 22.5 Å². The monoisotopic (exact) mass is 370 g/mol. The van der Waals surface area contributed by atoms with Gasteiger partial charge in [0.2, 0.25) is 0 Å². The molecule has 0 bridgehead atoms. The number of benzene rings is 1. The number of hydrogen-bond acceptors (Lipinski definition) is 2. The lowest BCUT2D eigenvalue weighted by Gasteiger charge is -2.19. The van der Waals surface area contributed by atoms with Crippen molar-refractivity contribution in [3.8, 4) is 5.69 Å². The fraction of sp³-hybridized carbons (Fsp3) is 0.125. The van der Waals surface area contributed by atoms with Crippen molar-refractivity contribution in [3.05, 3.63) is 66.9 Å². The second kappa shape index (κ2) is 5.78. The smallest absolute Gasteiger partial charge is 0.192 e. The molecule has 2 heterocycles. The summed E-state index contributed by atoms with van der Waals surface area (Å²) in [6, 6.07) is 4.00. The number of fused-ring (bicyclic) bond motifs is 1. The number of hydrogen-bond donors (Lipinski definition) is 0. The molecule has 0 radical (unpaired) electrons. The lowest BCUT2D eigenvalue weighted by Crippen LogP contribution is -2.13. The largest absolute Gasteiger partial charge is 0.310 e. The van der Waals surface area contributed by atoms with E-state index in [4.69, 9.17) is 34.8 Å². The molecule has 0 unspecified atom stereocenters. The van der Waals surface area contributed by atoms with Gasteiger partial charge in [-0.05, 0) is 31.5 Å². The minimum absolute atomic E-state index is 0.0547. The summed E-state index contributed by atoms with van der Waals surface area (Å²) in [4.78, 5) is 16.2. The van der Waals surface area contributed by atoms with E-state index in [1.54, 1.807) is 18.4 Å². The van der Waals surface area contributed by atoms with Crippen molar-refractivity contribution < 1.29 is 4.39 Å². The predicted octanol–water partition coefficient (Wildman–Crippen LogP) is 5.10. The van der Waals surface area contributed by atoms with E-state index in [-0.39, 0.29) is 26.0 Å². The van der Waals surface area contributed by atoms with E-state index in [9.17, 15) is 9.18 Å². The molecule has 0 saturated carbocycles. The molecule has 0 aliphatic carbocycles. The fourth-order valence-corrected chi connectivity index (χ4v) is 3.46. The lowest BCUT2D eigenvalue weighted by molar-refractivity contribution is 0.626. The molecule has 0 spiro atoms. The molecular formula is C16H10Cl3FN2O. The van der Waals surface area contributed by atoms with E-state index in [0.717, 1.165) is 0 Å². The molecule has 3 rings (SSSR count). The van der Waals surface area contributed by atoms with Crippen LogP contribution in [0.1, 0.15) is 11.3 Å². The highest BCUT2D eigenvalue weighted by atomic mass is 35.5. The molecule has 118 valence electrons. The molecule has 0 aliphatic heterocycles. The Kier molecular flexibility index (Phi) is 4.08. The zero-order chi connectivity index (χ0) is 16.9. The molecule has 23 heavy (non-hydrogen) atoms. The van der Waals surface area contributed by atoms with E-state index >= 15 is 0 Å². The maximum Gasteiger partial charge on any atom is 0.192 e. The second-order valence-corrected chi connectivity index (χ2v) is 6.33. The van der Waals surface area contributed by atoms with Gasteiger partial charge in [0.25, 0.3) is 0 Å². The number of nitrogens with zero attached hydrogens (tertiary/aromatic N) is 2. The zero-order valence-corrected chi connectivity index (χ0v) is 14.4. The van der Waals surface area contributed by atoms with Crippen LogP contribution in [0.25, 0.3) is 16.6 Å². The molecule has 0 aliphatic rings. The third kappa shape index (κ3) is 2.61. The van der Waals surface area contributed by atoms with Crippen LogP contribution in [0, 0.1) is 19.7 Å². The Bertz CT molecular complexity index is 991. The summed E-state index contributed by atoms with van der Waals surface area (Å²) in [5, 5.41) is 0.716. The Morgan fingerprint density at radius 3 is 2.43 bits per heavy atom. The first-order valence-electron chi connectivity index (χ1n) is 6.63. The normalized spacial score (nSPS) is 11.2. The SMILES string of the molecule is Cc1cc(F)cc(Cl)c1-n1c(C)cc(=O)c2c(Cl)ncc(Cl)c21. The van der Waals surface area contributed by atoms with Gasteiger partial charge in [-0.1, -0.05) is 34.8 Å². The number of rotatable bonds is 1. The molecular weight excluding hydrogens is 362 g/mol. The maximum absolute atomic E-state index is 13.5. The predicted molar refractivity (Wildman–Crippen MR) is 91.8 cm³/mol. The van der Waals surface area contributed by atoms with Gasteiger partial charge in [-0.3, -0.25) is 4.79 Å². The first-order valence-corrected chi connectivity index (χ1v) is 7.77. The maximum atomic E-state index is 13.5. The van der Waals surface area contributed by atoms with Crippen LogP contribution < -0.4 is 5.43 Å². The van der Waals surface area contributed by atoms with Gasteiger partial charge in [0.1, 0.15) is 11.0 Å². The summed E-state index contributed by atoms with van der Waals surface area (Å²) in [6.07, 6.45) is 1.37. The Morgan fingerprint density at radius 2 is 1.78 bits per heavy atom. The van der Waals surface area contributed by atoms with Crippen molar-refractivity contribution in [1.29, 1.82) is 0 Å². The van der Waals surface area contributed by atoms with Gasteiger partial charge < -0.3 is 4.57 Å². The summed E-state index contributed by atoms with van der Waals surface area (Å²) >= 11 is 18.6. The van der Waals surface area contributed by atoms with Crippen molar-refractivity contribution in [3.63, 3.8) is 0 Å². The Labute approximate surface area is 146 Å². The van der Waals surface area contributed by atoms with Gasteiger partial charge in [0, 0.05) is 18.0 Å². The van der Waals surface area contributed by atoms with Gasteiger partial charge in [-0.25, -0.2) is 9.37 Å². The van der Waals surface area contributed by atoms with E-state index in [2.05, 4.69) is 4.98 Å². The van der Waals surface area contributed by atoms with Crippen LogP contribution in [0.4, 0.5) is 4.39 Å².